The predicted octanol–water partition coefficient (Wildman–Crippen LogP) is 1.43. The van der Waals surface area contributed by atoms with E-state index in [1.165, 1.54) is 11.1 Å². The lowest BCUT2D eigenvalue weighted by Gasteiger charge is -2.18. The van der Waals surface area contributed by atoms with Gasteiger partial charge in [0, 0.05) is 18.4 Å². The Bertz CT molecular complexity index is 691. The molecule has 2 aromatic rings. The number of carbonyl (C=O) groups excluding carboxylic acids is 1. The predicted molar refractivity (Wildman–Crippen MR) is 80.0 cm³/mol. The van der Waals surface area contributed by atoms with Crippen LogP contribution < -0.4 is 0 Å². The van der Waals surface area contributed by atoms with E-state index in [0.29, 0.717) is 17.9 Å². The van der Waals surface area contributed by atoms with Crippen LogP contribution in [0.5, 0.6) is 0 Å². The Morgan fingerprint density at radius 2 is 2.05 bits per heavy atom. The molecule has 2 heterocycles. The summed E-state index contributed by atoms with van der Waals surface area (Å²) >= 11 is 0. The van der Waals surface area contributed by atoms with Gasteiger partial charge in [0.15, 0.2) is 5.82 Å². The lowest BCUT2D eigenvalue weighted by molar-refractivity contribution is -0.137. The van der Waals surface area contributed by atoms with E-state index in [2.05, 4.69) is 10.1 Å². The van der Waals surface area contributed by atoms with Crippen molar-refractivity contribution in [1.82, 2.24) is 19.7 Å². The Kier molecular flexibility index (Phi) is 4.55. The Balaban J connectivity index is 2.23. The second kappa shape index (κ2) is 6.38. The molecule has 0 bridgehead atoms. The molecular weight excluding hydrogens is 284 g/mol. The zero-order valence-corrected chi connectivity index (χ0v) is 12.8. The molecule has 0 saturated carbocycles. The molecule has 0 atom stereocenters. The standard InChI is InChI=1S/C15H18N4O3/c1-4-18(9-14(20)21)15(22)12-5-6-13(16-8-12)19-11(3)7-10(2)17-19/h5-8H,4,9H2,1-3H3,(H,20,21). The molecule has 0 aliphatic carbocycles. The Morgan fingerprint density at radius 3 is 2.50 bits per heavy atom. The number of carboxylic acid groups (broad SMARTS) is 1. The van der Waals surface area contributed by atoms with Gasteiger partial charge in [0.1, 0.15) is 6.54 Å². The van der Waals surface area contributed by atoms with E-state index in [0.717, 1.165) is 11.4 Å². The SMILES string of the molecule is CCN(CC(=O)O)C(=O)c1ccc(-n2nc(C)cc2C)nc1. The lowest BCUT2D eigenvalue weighted by Crippen LogP contribution is -2.35. The Morgan fingerprint density at radius 1 is 1.32 bits per heavy atom. The van der Waals surface area contributed by atoms with Crippen LogP contribution in [0.4, 0.5) is 0 Å². The third-order valence-corrected chi connectivity index (χ3v) is 3.22. The number of rotatable bonds is 5. The molecule has 1 amide bonds. The molecule has 0 spiro atoms. The van der Waals surface area contributed by atoms with Crippen LogP contribution in [0.1, 0.15) is 28.7 Å². The van der Waals surface area contributed by atoms with Crippen LogP contribution in [-0.2, 0) is 4.79 Å². The number of hydrogen-bond acceptors (Lipinski definition) is 4. The molecule has 0 radical (unpaired) electrons. The molecule has 2 aromatic heterocycles. The fourth-order valence-electron chi connectivity index (χ4n) is 2.17. The molecule has 7 nitrogen and oxygen atoms in total. The number of hydrogen-bond donors (Lipinski definition) is 1. The van der Waals surface area contributed by atoms with E-state index < -0.39 is 5.97 Å². The summed E-state index contributed by atoms with van der Waals surface area (Å²) in [5.74, 6) is -0.775. The minimum atomic E-state index is -1.04. The van der Waals surface area contributed by atoms with E-state index in [1.54, 1.807) is 23.7 Å². The second-order valence-electron chi connectivity index (χ2n) is 4.96. The number of nitrogens with zero attached hydrogens (tertiary/aromatic N) is 4. The second-order valence-corrected chi connectivity index (χ2v) is 4.96. The van der Waals surface area contributed by atoms with Gasteiger partial charge in [-0.2, -0.15) is 5.10 Å². The van der Waals surface area contributed by atoms with Crippen molar-refractivity contribution in [2.24, 2.45) is 0 Å². The Labute approximate surface area is 128 Å². The topological polar surface area (TPSA) is 88.3 Å². The minimum Gasteiger partial charge on any atom is -0.480 e. The lowest BCUT2D eigenvalue weighted by atomic mass is 10.2. The molecule has 116 valence electrons. The molecule has 0 fully saturated rings. The first-order valence-corrected chi connectivity index (χ1v) is 6.93. The molecule has 0 saturated heterocycles. The summed E-state index contributed by atoms with van der Waals surface area (Å²) in [6, 6.07) is 5.26. The molecule has 22 heavy (non-hydrogen) atoms. The number of carbonyl (C=O) groups is 2. The number of aromatic nitrogens is 3. The molecular formula is C15H18N4O3. The zero-order valence-electron chi connectivity index (χ0n) is 12.8. The summed E-state index contributed by atoms with van der Waals surface area (Å²) in [6.45, 7) is 5.55. The number of carboxylic acids is 1. The number of likely N-dealkylation sites (N-methyl/N-ethyl adjacent to an activating group) is 1. The summed E-state index contributed by atoms with van der Waals surface area (Å²) in [7, 11) is 0. The van der Waals surface area contributed by atoms with Crippen molar-refractivity contribution in [3.8, 4) is 5.82 Å². The first kappa shape index (κ1) is 15.7. The largest absolute Gasteiger partial charge is 0.480 e. The van der Waals surface area contributed by atoms with Crippen LogP contribution in [0.25, 0.3) is 5.82 Å². The minimum absolute atomic E-state index is 0.324. The highest BCUT2D eigenvalue weighted by Crippen LogP contribution is 2.11. The average Bonchev–Trinajstić information content (AvgIpc) is 2.82. The van der Waals surface area contributed by atoms with Gasteiger partial charge in [-0.1, -0.05) is 0 Å². The quantitative estimate of drug-likeness (QED) is 0.902. The maximum atomic E-state index is 12.2. The van der Waals surface area contributed by atoms with Gasteiger partial charge in [0.05, 0.1) is 11.3 Å². The van der Waals surface area contributed by atoms with Gasteiger partial charge in [-0.15, -0.1) is 0 Å². The first-order valence-electron chi connectivity index (χ1n) is 6.93. The first-order chi connectivity index (χ1) is 10.4. The van der Waals surface area contributed by atoms with Gasteiger partial charge in [0.2, 0.25) is 0 Å². The van der Waals surface area contributed by atoms with Crippen LogP contribution in [-0.4, -0.2) is 49.7 Å². The number of aryl methyl sites for hydroxylation is 2. The molecule has 2 rings (SSSR count). The van der Waals surface area contributed by atoms with E-state index in [9.17, 15) is 9.59 Å². The molecule has 0 aliphatic rings. The maximum absolute atomic E-state index is 12.2. The van der Waals surface area contributed by atoms with Gasteiger partial charge in [-0.05, 0) is 39.0 Å². The summed E-state index contributed by atoms with van der Waals surface area (Å²) in [5, 5.41) is 13.1. The van der Waals surface area contributed by atoms with Gasteiger partial charge < -0.3 is 10.0 Å². The van der Waals surface area contributed by atoms with Crippen LogP contribution >= 0.6 is 0 Å². The van der Waals surface area contributed by atoms with E-state index in [1.807, 2.05) is 19.9 Å². The zero-order chi connectivity index (χ0) is 16.3. The average molecular weight is 302 g/mol. The van der Waals surface area contributed by atoms with Crippen molar-refractivity contribution >= 4 is 11.9 Å². The van der Waals surface area contributed by atoms with Crippen molar-refractivity contribution < 1.29 is 14.7 Å². The normalized spacial score (nSPS) is 10.5. The van der Waals surface area contributed by atoms with Crippen LogP contribution in [0.15, 0.2) is 24.4 Å². The smallest absolute Gasteiger partial charge is 0.323 e. The summed E-state index contributed by atoms with van der Waals surface area (Å²) in [5.41, 5.74) is 2.19. The molecule has 1 N–H and O–H groups in total. The van der Waals surface area contributed by atoms with Crippen molar-refractivity contribution in [2.45, 2.75) is 20.8 Å². The molecule has 0 unspecified atom stereocenters. The molecule has 0 aliphatic heterocycles. The van der Waals surface area contributed by atoms with Crippen LogP contribution in [0.2, 0.25) is 0 Å². The summed E-state index contributed by atoms with van der Waals surface area (Å²) < 4.78 is 1.69. The monoisotopic (exact) mass is 302 g/mol. The summed E-state index contributed by atoms with van der Waals surface area (Å²) in [4.78, 5) is 28.5. The van der Waals surface area contributed by atoms with E-state index in [-0.39, 0.29) is 12.5 Å². The van der Waals surface area contributed by atoms with Crippen LogP contribution in [0, 0.1) is 13.8 Å². The maximum Gasteiger partial charge on any atom is 0.323 e. The van der Waals surface area contributed by atoms with Gasteiger partial charge in [0.25, 0.3) is 5.91 Å². The molecule has 7 heteroatoms. The van der Waals surface area contributed by atoms with Gasteiger partial charge in [-0.25, -0.2) is 9.67 Å². The van der Waals surface area contributed by atoms with Crippen molar-refractivity contribution in [1.29, 1.82) is 0 Å². The Hall–Kier alpha value is -2.70. The fraction of sp³-hybridized carbons (Fsp3) is 0.333. The van der Waals surface area contributed by atoms with Crippen molar-refractivity contribution in [3.05, 3.63) is 41.3 Å². The highest BCUT2D eigenvalue weighted by molar-refractivity contribution is 5.95. The highest BCUT2D eigenvalue weighted by atomic mass is 16.4. The van der Waals surface area contributed by atoms with Gasteiger partial charge in [-0.3, -0.25) is 9.59 Å². The number of amides is 1. The third-order valence-electron chi connectivity index (χ3n) is 3.22. The molecule has 0 aromatic carbocycles. The third kappa shape index (κ3) is 3.30. The highest BCUT2D eigenvalue weighted by Gasteiger charge is 2.17. The van der Waals surface area contributed by atoms with Crippen molar-refractivity contribution in [3.63, 3.8) is 0 Å². The van der Waals surface area contributed by atoms with E-state index >= 15 is 0 Å². The number of pyridine rings is 1. The van der Waals surface area contributed by atoms with Crippen LogP contribution in [0.3, 0.4) is 0 Å². The van der Waals surface area contributed by atoms with Crippen molar-refractivity contribution in [2.75, 3.05) is 13.1 Å². The van der Waals surface area contributed by atoms with E-state index in [4.69, 9.17) is 5.11 Å². The van der Waals surface area contributed by atoms with Gasteiger partial charge >= 0.3 is 5.97 Å². The number of aliphatic carboxylic acids is 1. The fourth-order valence-corrected chi connectivity index (χ4v) is 2.17. The summed E-state index contributed by atoms with van der Waals surface area (Å²) in [6.07, 6.45) is 1.44.